The Balaban J connectivity index is 0.00000180. The van der Waals surface area contributed by atoms with E-state index in [1.165, 1.54) is 25.7 Å². The molecule has 1 amide bonds. The van der Waals surface area contributed by atoms with Gasteiger partial charge >= 0.3 is 0 Å². The van der Waals surface area contributed by atoms with Gasteiger partial charge < -0.3 is 15.4 Å². The normalized spacial score (nSPS) is 31.3. The summed E-state index contributed by atoms with van der Waals surface area (Å²) in [5, 5.41) is 6.41. The van der Waals surface area contributed by atoms with E-state index in [-0.39, 0.29) is 24.4 Å². The molecule has 1 heterocycles. The molecule has 2 fully saturated rings. The smallest absolute Gasteiger partial charge is 0.221 e. The second-order valence-electron chi connectivity index (χ2n) is 5.76. The third-order valence-corrected chi connectivity index (χ3v) is 4.28. The number of hydrogen-bond acceptors (Lipinski definition) is 3. The SMILES string of the molecule is CC1CCCCC1CNC(=O)CC1COCCN1.Cl. The van der Waals surface area contributed by atoms with Crippen LogP contribution in [0.15, 0.2) is 0 Å². The summed E-state index contributed by atoms with van der Waals surface area (Å²) in [6.45, 7) is 5.45. The van der Waals surface area contributed by atoms with Gasteiger partial charge in [0.2, 0.25) is 5.91 Å². The van der Waals surface area contributed by atoms with Gasteiger partial charge in [0.1, 0.15) is 0 Å². The van der Waals surface area contributed by atoms with E-state index in [1.54, 1.807) is 0 Å². The molecule has 3 unspecified atom stereocenters. The Morgan fingerprint density at radius 1 is 1.37 bits per heavy atom. The minimum absolute atomic E-state index is 0. The molecule has 0 spiro atoms. The van der Waals surface area contributed by atoms with Crippen LogP contribution in [0.1, 0.15) is 39.0 Å². The second-order valence-corrected chi connectivity index (χ2v) is 5.76. The van der Waals surface area contributed by atoms with Crippen LogP contribution in [0.5, 0.6) is 0 Å². The van der Waals surface area contributed by atoms with Crippen molar-refractivity contribution in [3.05, 3.63) is 0 Å². The zero-order valence-corrected chi connectivity index (χ0v) is 12.6. The number of amides is 1. The van der Waals surface area contributed by atoms with E-state index in [1.807, 2.05) is 0 Å². The molecule has 2 aliphatic rings. The first-order chi connectivity index (χ1) is 8.75. The molecule has 0 aromatic heterocycles. The minimum atomic E-state index is 0. The predicted octanol–water partition coefficient (Wildman–Crippen LogP) is 1.73. The number of ether oxygens (including phenoxy) is 1. The lowest BCUT2D eigenvalue weighted by molar-refractivity contribution is -0.122. The number of carbonyl (C=O) groups is 1. The molecule has 1 aliphatic heterocycles. The van der Waals surface area contributed by atoms with Gasteiger partial charge in [-0.25, -0.2) is 0 Å². The number of rotatable bonds is 4. The molecule has 2 rings (SSSR count). The van der Waals surface area contributed by atoms with Crippen molar-refractivity contribution in [1.29, 1.82) is 0 Å². The molecule has 2 N–H and O–H groups in total. The van der Waals surface area contributed by atoms with Gasteiger partial charge in [0.25, 0.3) is 0 Å². The molecule has 0 radical (unpaired) electrons. The Labute approximate surface area is 122 Å². The molecule has 0 bridgehead atoms. The maximum atomic E-state index is 11.9. The van der Waals surface area contributed by atoms with Crippen LogP contribution in [0.25, 0.3) is 0 Å². The van der Waals surface area contributed by atoms with Crippen molar-refractivity contribution in [1.82, 2.24) is 10.6 Å². The van der Waals surface area contributed by atoms with Crippen LogP contribution in [0.4, 0.5) is 0 Å². The van der Waals surface area contributed by atoms with E-state index in [9.17, 15) is 4.79 Å². The van der Waals surface area contributed by atoms with E-state index in [0.29, 0.717) is 18.9 Å². The van der Waals surface area contributed by atoms with Crippen LogP contribution in [0.2, 0.25) is 0 Å². The fraction of sp³-hybridized carbons (Fsp3) is 0.929. The number of halogens is 1. The topological polar surface area (TPSA) is 50.4 Å². The number of hydrogen-bond donors (Lipinski definition) is 2. The Hall–Kier alpha value is -0.320. The van der Waals surface area contributed by atoms with Crippen LogP contribution < -0.4 is 10.6 Å². The maximum absolute atomic E-state index is 11.9. The minimum Gasteiger partial charge on any atom is -0.378 e. The first-order valence-corrected chi connectivity index (χ1v) is 7.33. The average Bonchev–Trinajstić information content (AvgIpc) is 2.39. The highest BCUT2D eigenvalue weighted by atomic mass is 35.5. The van der Waals surface area contributed by atoms with Gasteiger partial charge in [0.15, 0.2) is 0 Å². The van der Waals surface area contributed by atoms with E-state index in [2.05, 4.69) is 17.6 Å². The van der Waals surface area contributed by atoms with Crippen molar-refractivity contribution in [2.45, 2.75) is 45.1 Å². The average molecular weight is 291 g/mol. The Morgan fingerprint density at radius 3 is 2.84 bits per heavy atom. The van der Waals surface area contributed by atoms with Crippen molar-refractivity contribution in [2.24, 2.45) is 11.8 Å². The zero-order chi connectivity index (χ0) is 12.8. The number of nitrogens with one attached hydrogen (secondary N) is 2. The lowest BCUT2D eigenvalue weighted by atomic mass is 9.80. The van der Waals surface area contributed by atoms with Crippen LogP contribution >= 0.6 is 12.4 Å². The van der Waals surface area contributed by atoms with Crippen molar-refractivity contribution in [2.75, 3.05) is 26.3 Å². The van der Waals surface area contributed by atoms with Gasteiger partial charge in [0.05, 0.1) is 13.2 Å². The maximum Gasteiger partial charge on any atom is 0.221 e. The van der Waals surface area contributed by atoms with Gasteiger partial charge in [0, 0.05) is 25.6 Å². The van der Waals surface area contributed by atoms with Gasteiger partial charge in [-0.05, 0) is 18.3 Å². The molecule has 3 atom stereocenters. The van der Waals surface area contributed by atoms with Crippen LogP contribution in [-0.4, -0.2) is 38.3 Å². The summed E-state index contributed by atoms with van der Waals surface area (Å²) in [5.74, 6) is 1.60. The summed E-state index contributed by atoms with van der Waals surface area (Å²) < 4.78 is 5.35. The Kier molecular flexibility index (Phi) is 7.73. The van der Waals surface area contributed by atoms with Gasteiger partial charge in [-0.1, -0.05) is 26.2 Å². The standard InChI is InChI=1S/C14H26N2O2.ClH/c1-11-4-2-3-5-12(11)9-16-14(17)8-13-10-18-7-6-15-13;/h11-13,15H,2-10H2,1H3,(H,16,17);1H. The molecule has 4 nitrogen and oxygen atoms in total. The molecule has 1 saturated carbocycles. The fourth-order valence-corrected chi connectivity index (χ4v) is 2.99. The lowest BCUT2D eigenvalue weighted by Crippen LogP contribution is -2.45. The zero-order valence-electron chi connectivity index (χ0n) is 11.8. The molecular weight excluding hydrogens is 264 g/mol. The predicted molar refractivity (Wildman–Crippen MR) is 78.6 cm³/mol. The number of carbonyl (C=O) groups excluding carboxylic acids is 1. The van der Waals surface area contributed by atoms with E-state index in [0.717, 1.165) is 25.6 Å². The van der Waals surface area contributed by atoms with Crippen molar-refractivity contribution in [3.63, 3.8) is 0 Å². The highest BCUT2D eigenvalue weighted by Gasteiger charge is 2.22. The van der Waals surface area contributed by atoms with E-state index in [4.69, 9.17) is 4.74 Å². The first-order valence-electron chi connectivity index (χ1n) is 7.33. The molecular formula is C14H27ClN2O2. The van der Waals surface area contributed by atoms with Gasteiger partial charge in [-0.3, -0.25) is 4.79 Å². The van der Waals surface area contributed by atoms with Crippen molar-refractivity contribution in [3.8, 4) is 0 Å². The molecule has 0 aromatic carbocycles. The van der Waals surface area contributed by atoms with Gasteiger partial charge in [-0.2, -0.15) is 0 Å². The highest BCUT2D eigenvalue weighted by Crippen LogP contribution is 2.28. The van der Waals surface area contributed by atoms with Crippen LogP contribution in [-0.2, 0) is 9.53 Å². The van der Waals surface area contributed by atoms with Crippen LogP contribution in [0, 0.1) is 11.8 Å². The fourth-order valence-electron chi connectivity index (χ4n) is 2.99. The molecule has 19 heavy (non-hydrogen) atoms. The summed E-state index contributed by atoms with van der Waals surface area (Å²) in [6, 6.07) is 0.197. The third kappa shape index (κ3) is 5.67. The van der Waals surface area contributed by atoms with Crippen LogP contribution in [0.3, 0.4) is 0 Å². The largest absolute Gasteiger partial charge is 0.378 e. The summed E-state index contributed by atoms with van der Waals surface area (Å²) in [6.07, 6.45) is 5.81. The lowest BCUT2D eigenvalue weighted by Gasteiger charge is -2.29. The number of morpholine rings is 1. The Bertz CT molecular complexity index is 270. The second kappa shape index (κ2) is 8.77. The van der Waals surface area contributed by atoms with E-state index < -0.39 is 0 Å². The quantitative estimate of drug-likeness (QED) is 0.829. The summed E-state index contributed by atoms with van der Waals surface area (Å²) >= 11 is 0. The van der Waals surface area contributed by atoms with Crippen molar-refractivity contribution >= 4 is 18.3 Å². The summed E-state index contributed by atoms with van der Waals surface area (Å²) in [7, 11) is 0. The highest BCUT2D eigenvalue weighted by molar-refractivity contribution is 5.85. The molecule has 0 aromatic rings. The molecule has 1 saturated heterocycles. The first kappa shape index (κ1) is 16.7. The molecule has 112 valence electrons. The third-order valence-electron chi connectivity index (χ3n) is 4.28. The molecule has 5 heteroatoms. The van der Waals surface area contributed by atoms with Crippen molar-refractivity contribution < 1.29 is 9.53 Å². The van der Waals surface area contributed by atoms with E-state index >= 15 is 0 Å². The van der Waals surface area contributed by atoms with Gasteiger partial charge in [-0.15, -0.1) is 12.4 Å². The Morgan fingerprint density at radius 2 is 2.16 bits per heavy atom. The summed E-state index contributed by atoms with van der Waals surface area (Å²) in [5.41, 5.74) is 0. The monoisotopic (exact) mass is 290 g/mol. The molecule has 1 aliphatic carbocycles. The summed E-state index contributed by atoms with van der Waals surface area (Å²) in [4.78, 5) is 11.9.